The van der Waals surface area contributed by atoms with Gasteiger partial charge in [0.05, 0.1) is 11.6 Å². The molecule has 0 saturated heterocycles. The van der Waals surface area contributed by atoms with E-state index in [1.165, 1.54) is 16.5 Å². The van der Waals surface area contributed by atoms with Gasteiger partial charge in [-0.05, 0) is 36.4 Å². The van der Waals surface area contributed by atoms with Crippen LogP contribution in [-0.4, -0.2) is 11.1 Å². The summed E-state index contributed by atoms with van der Waals surface area (Å²) in [5.74, 6) is 0. The van der Waals surface area contributed by atoms with Gasteiger partial charge in [0.2, 0.25) is 0 Å². The Bertz CT molecular complexity index is 534. The van der Waals surface area contributed by atoms with Crippen molar-refractivity contribution < 1.29 is 0 Å². The standard InChI is InChI=1S/C14H17N3/c15-8-1-2-10-17-11-7-13-5-3-4-12(6-9-16)14(13)17/h3-5,7,11H,1-2,6,9-10,16H2. The quantitative estimate of drug-likeness (QED) is 0.798. The summed E-state index contributed by atoms with van der Waals surface area (Å²) in [4.78, 5) is 0. The number of nitrogens with zero attached hydrogens (tertiary/aromatic N) is 2. The molecule has 0 aliphatic heterocycles. The van der Waals surface area contributed by atoms with Gasteiger partial charge in [-0.25, -0.2) is 0 Å². The third-order valence-corrected chi connectivity index (χ3v) is 2.97. The van der Waals surface area contributed by atoms with E-state index in [1.807, 2.05) is 0 Å². The summed E-state index contributed by atoms with van der Waals surface area (Å²) in [6.45, 7) is 1.57. The first-order valence-electron chi connectivity index (χ1n) is 6.00. The largest absolute Gasteiger partial charge is 0.347 e. The number of fused-ring (bicyclic) bond motifs is 1. The van der Waals surface area contributed by atoms with E-state index in [9.17, 15) is 0 Å². The zero-order chi connectivity index (χ0) is 12.1. The van der Waals surface area contributed by atoms with Crippen LogP contribution in [0.15, 0.2) is 30.5 Å². The summed E-state index contributed by atoms with van der Waals surface area (Å²) >= 11 is 0. The van der Waals surface area contributed by atoms with E-state index in [0.717, 1.165) is 19.4 Å². The average Bonchev–Trinajstić information content (AvgIpc) is 2.75. The average molecular weight is 227 g/mol. The first kappa shape index (κ1) is 11.7. The SMILES string of the molecule is N#CCCCn1ccc2cccc(CCN)c21. The van der Waals surface area contributed by atoms with Gasteiger partial charge in [-0.15, -0.1) is 0 Å². The van der Waals surface area contributed by atoms with Gasteiger partial charge in [-0.3, -0.25) is 0 Å². The Morgan fingerprint density at radius 1 is 1.29 bits per heavy atom. The van der Waals surface area contributed by atoms with E-state index in [1.54, 1.807) is 0 Å². The molecule has 0 atom stereocenters. The lowest BCUT2D eigenvalue weighted by Gasteiger charge is -2.08. The fourth-order valence-electron chi connectivity index (χ4n) is 2.21. The molecule has 0 spiro atoms. The molecule has 0 aliphatic rings. The van der Waals surface area contributed by atoms with E-state index in [2.05, 4.69) is 41.1 Å². The van der Waals surface area contributed by atoms with Crippen LogP contribution in [0.3, 0.4) is 0 Å². The third-order valence-electron chi connectivity index (χ3n) is 2.97. The lowest BCUT2D eigenvalue weighted by molar-refractivity contribution is 0.672. The molecule has 1 heterocycles. The monoisotopic (exact) mass is 227 g/mol. The molecule has 2 N–H and O–H groups in total. The molecule has 0 aliphatic carbocycles. The van der Waals surface area contributed by atoms with E-state index in [0.29, 0.717) is 13.0 Å². The van der Waals surface area contributed by atoms with Crippen molar-refractivity contribution in [2.24, 2.45) is 5.73 Å². The number of aryl methyl sites for hydroxylation is 1. The number of hydrogen-bond donors (Lipinski definition) is 1. The van der Waals surface area contributed by atoms with Crippen molar-refractivity contribution in [3.05, 3.63) is 36.0 Å². The summed E-state index contributed by atoms with van der Waals surface area (Å²) < 4.78 is 2.23. The minimum absolute atomic E-state index is 0.610. The summed E-state index contributed by atoms with van der Waals surface area (Å²) in [6, 6.07) is 10.6. The zero-order valence-corrected chi connectivity index (χ0v) is 9.89. The lowest BCUT2D eigenvalue weighted by Crippen LogP contribution is -2.05. The highest BCUT2D eigenvalue weighted by Crippen LogP contribution is 2.21. The topological polar surface area (TPSA) is 54.7 Å². The van der Waals surface area contributed by atoms with Crippen LogP contribution in [0.4, 0.5) is 0 Å². The van der Waals surface area contributed by atoms with Gasteiger partial charge >= 0.3 is 0 Å². The highest BCUT2D eigenvalue weighted by Gasteiger charge is 2.05. The van der Waals surface area contributed by atoms with Crippen LogP contribution in [0.2, 0.25) is 0 Å². The predicted molar refractivity (Wildman–Crippen MR) is 69.5 cm³/mol. The summed E-state index contributed by atoms with van der Waals surface area (Å²) in [5, 5.41) is 9.83. The number of nitriles is 1. The molecule has 1 aromatic heterocycles. The minimum atomic E-state index is 0.610. The first-order valence-corrected chi connectivity index (χ1v) is 6.00. The number of unbranched alkanes of at least 4 members (excludes halogenated alkanes) is 1. The fourth-order valence-corrected chi connectivity index (χ4v) is 2.21. The van der Waals surface area contributed by atoms with Crippen LogP contribution in [0.5, 0.6) is 0 Å². The molecular weight excluding hydrogens is 210 g/mol. The van der Waals surface area contributed by atoms with E-state index >= 15 is 0 Å². The Hall–Kier alpha value is -1.79. The Balaban J connectivity index is 2.32. The molecule has 0 amide bonds. The van der Waals surface area contributed by atoms with Gasteiger partial charge in [0.1, 0.15) is 0 Å². The lowest BCUT2D eigenvalue weighted by atomic mass is 10.1. The minimum Gasteiger partial charge on any atom is -0.347 e. The zero-order valence-electron chi connectivity index (χ0n) is 9.89. The molecule has 3 nitrogen and oxygen atoms in total. The second kappa shape index (κ2) is 5.51. The molecular formula is C14H17N3. The second-order valence-corrected chi connectivity index (χ2v) is 4.16. The first-order chi connectivity index (χ1) is 8.36. The summed E-state index contributed by atoms with van der Waals surface area (Å²) in [7, 11) is 0. The number of benzene rings is 1. The molecule has 3 heteroatoms. The van der Waals surface area contributed by atoms with Crippen LogP contribution in [0.1, 0.15) is 18.4 Å². The molecule has 0 saturated carbocycles. The number of para-hydroxylation sites is 1. The maximum Gasteiger partial charge on any atom is 0.0622 e. The third kappa shape index (κ3) is 2.48. The van der Waals surface area contributed by atoms with Crippen LogP contribution in [0, 0.1) is 11.3 Å². The van der Waals surface area contributed by atoms with Crippen molar-refractivity contribution in [1.82, 2.24) is 4.57 Å². The van der Waals surface area contributed by atoms with E-state index in [-0.39, 0.29) is 0 Å². The van der Waals surface area contributed by atoms with Crippen LogP contribution in [0.25, 0.3) is 10.9 Å². The van der Waals surface area contributed by atoms with Crippen molar-refractivity contribution >= 4 is 10.9 Å². The molecule has 2 aromatic rings. The maximum absolute atomic E-state index is 8.57. The van der Waals surface area contributed by atoms with Crippen molar-refractivity contribution in [3.8, 4) is 6.07 Å². The van der Waals surface area contributed by atoms with Gasteiger partial charge in [-0.2, -0.15) is 5.26 Å². The maximum atomic E-state index is 8.57. The molecule has 17 heavy (non-hydrogen) atoms. The number of hydrogen-bond acceptors (Lipinski definition) is 2. The Morgan fingerprint density at radius 3 is 2.94 bits per heavy atom. The summed E-state index contributed by atoms with van der Waals surface area (Å²) in [6.07, 6.45) is 4.51. The van der Waals surface area contributed by atoms with Crippen LogP contribution < -0.4 is 5.73 Å². The molecule has 0 radical (unpaired) electrons. The molecule has 0 bridgehead atoms. The Morgan fingerprint density at radius 2 is 2.18 bits per heavy atom. The fraction of sp³-hybridized carbons (Fsp3) is 0.357. The number of nitrogens with two attached hydrogens (primary N) is 1. The molecule has 88 valence electrons. The Labute approximate surface area is 101 Å². The van der Waals surface area contributed by atoms with Crippen LogP contribution >= 0.6 is 0 Å². The molecule has 0 unspecified atom stereocenters. The normalized spacial score (nSPS) is 10.6. The van der Waals surface area contributed by atoms with E-state index < -0.39 is 0 Å². The number of rotatable bonds is 5. The summed E-state index contributed by atoms with van der Waals surface area (Å²) in [5.41, 5.74) is 8.21. The van der Waals surface area contributed by atoms with Crippen molar-refractivity contribution in [3.63, 3.8) is 0 Å². The highest BCUT2D eigenvalue weighted by molar-refractivity contribution is 5.83. The van der Waals surface area contributed by atoms with Crippen LogP contribution in [-0.2, 0) is 13.0 Å². The molecule has 2 rings (SSSR count). The highest BCUT2D eigenvalue weighted by atomic mass is 14.9. The van der Waals surface area contributed by atoms with Crippen molar-refractivity contribution in [1.29, 1.82) is 5.26 Å². The van der Waals surface area contributed by atoms with Gasteiger partial charge in [0.15, 0.2) is 0 Å². The Kier molecular flexibility index (Phi) is 3.79. The molecule has 0 fully saturated rings. The van der Waals surface area contributed by atoms with Crippen molar-refractivity contribution in [2.45, 2.75) is 25.8 Å². The predicted octanol–water partition coefficient (Wildman–Crippen LogP) is 2.45. The second-order valence-electron chi connectivity index (χ2n) is 4.16. The van der Waals surface area contributed by atoms with E-state index in [4.69, 9.17) is 11.0 Å². The smallest absolute Gasteiger partial charge is 0.0622 e. The molecule has 1 aromatic carbocycles. The number of aromatic nitrogens is 1. The van der Waals surface area contributed by atoms with Gasteiger partial charge in [0, 0.05) is 19.2 Å². The van der Waals surface area contributed by atoms with Gasteiger partial charge in [0.25, 0.3) is 0 Å². The van der Waals surface area contributed by atoms with Crippen molar-refractivity contribution in [2.75, 3.05) is 6.54 Å². The van der Waals surface area contributed by atoms with Gasteiger partial charge in [-0.1, -0.05) is 18.2 Å². The van der Waals surface area contributed by atoms with Gasteiger partial charge < -0.3 is 10.3 Å².